The van der Waals surface area contributed by atoms with Gasteiger partial charge in [-0.25, -0.2) is 4.98 Å². The van der Waals surface area contributed by atoms with Gasteiger partial charge in [0, 0.05) is 25.2 Å². The van der Waals surface area contributed by atoms with Crippen LogP contribution in [0.3, 0.4) is 0 Å². The van der Waals surface area contributed by atoms with Gasteiger partial charge >= 0.3 is 0 Å². The Morgan fingerprint density at radius 1 is 1.53 bits per heavy atom. The zero-order valence-corrected chi connectivity index (χ0v) is 10.2. The molecule has 0 aliphatic carbocycles. The van der Waals surface area contributed by atoms with Crippen LogP contribution < -0.4 is 5.56 Å². The second-order valence-corrected chi connectivity index (χ2v) is 4.50. The van der Waals surface area contributed by atoms with Gasteiger partial charge in [0.2, 0.25) is 5.91 Å². The van der Waals surface area contributed by atoms with Gasteiger partial charge < -0.3 is 9.88 Å². The predicted molar refractivity (Wildman–Crippen MR) is 63.6 cm³/mol. The van der Waals surface area contributed by atoms with Crippen molar-refractivity contribution in [2.75, 3.05) is 6.54 Å². The Morgan fingerprint density at radius 3 is 2.94 bits per heavy atom. The number of hydrogen-bond acceptors (Lipinski definition) is 3. The molecule has 1 aromatic heterocycles. The molecule has 2 rings (SSSR count). The van der Waals surface area contributed by atoms with Gasteiger partial charge in [-0.2, -0.15) is 0 Å². The Kier molecular flexibility index (Phi) is 3.26. The summed E-state index contributed by atoms with van der Waals surface area (Å²) in [5.41, 5.74) is 0.541. The number of aromatic nitrogens is 2. The summed E-state index contributed by atoms with van der Waals surface area (Å²) in [5.74, 6) is 0.656. The molecule has 1 amide bonds. The highest BCUT2D eigenvalue weighted by molar-refractivity contribution is 5.73. The standard InChI is InChI=1S/C12H17N3O2/c1-8-7-11(17)14-12(13-8)10-5-3-4-6-15(10)9(2)16/h7,10H,3-6H2,1-2H3,(H,13,14,17). The zero-order valence-electron chi connectivity index (χ0n) is 10.2. The van der Waals surface area contributed by atoms with E-state index in [1.165, 1.54) is 6.07 Å². The van der Waals surface area contributed by atoms with Crippen LogP contribution in [0.25, 0.3) is 0 Å². The Hall–Kier alpha value is -1.65. The molecule has 1 N–H and O–H groups in total. The first-order valence-corrected chi connectivity index (χ1v) is 5.93. The van der Waals surface area contributed by atoms with Crippen LogP contribution in [-0.4, -0.2) is 27.3 Å². The molecule has 0 spiro atoms. The van der Waals surface area contributed by atoms with Crippen molar-refractivity contribution >= 4 is 5.91 Å². The molecule has 92 valence electrons. The van der Waals surface area contributed by atoms with Crippen LogP contribution in [0.5, 0.6) is 0 Å². The lowest BCUT2D eigenvalue weighted by Crippen LogP contribution is -2.38. The summed E-state index contributed by atoms with van der Waals surface area (Å²) >= 11 is 0. The molecule has 0 saturated carbocycles. The van der Waals surface area contributed by atoms with Gasteiger partial charge in [-0.15, -0.1) is 0 Å². The Balaban J connectivity index is 2.35. The molecule has 0 aromatic carbocycles. The molecule has 1 aliphatic heterocycles. The summed E-state index contributed by atoms with van der Waals surface area (Å²) in [6.45, 7) is 4.10. The first-order valence-electron chi connectivity index (χ1n) is 5.93. The van der Waals surface area contributed by atoms with Crippen LogP contribution in [0.1, 0.15) is 43.7 Å². The fourth-order valence-corrected chi connectivity index (χ4v) is 2.35. The molecule has 17 heavy (non-hydrogen) atoms. The van der Waals surface area contributed by atoms with Crippen LogP contribution >= 0.6 is 0 Å². The highest BCUT2D eigenvalue weighted by atomic mass is 16.2. The summed E-state index contributed by atoms with van der Waals surface area (Å²) < 4.78 is 0. The minimum atomic E-state index is -0.151. The SMILES string of the molecule is CC(=O)N1CCCCC1c1nc(C)cc(=O)[nH]1. The number of hydrogen-bond donors (Lipinski definition) is 1. The van der Waals surface area contributed by atoms with E-state index in [0.717, 1.165) is 25.8 Å². The van der Waals surface area contributed by atoms with Crippen molar-refractivity contribution in [2.45, 2.75) is 39.2 Å². The number of amides is 1. The minimum absolute atomic E-state index is 0.0406. The van der Waals surface area contributed by atoms with E-state index in [1.54, 1.807) is 18.7 Å². The lowest BCUT2D eigenvalue weighted by atomic mass is 10.0. The fourth-order valence-electron chi connectivity index (χ4n) is 2.35. The van der Waals surface area contributed by atoms with E-state index in [1.807, 2.05) is 0 Å². The average molecular weight is 235 g/mol. The molecule has 0 radical (unpaired) electrons. The zero-order chi connectivity index (χ0) is 12.4. The smallest absolute Gasteiger partial charge is 0.251 e. The summed E-state index contributed by atoms with van der Waals surface area (Å²) in [4.78, 5) is 31.9. The third-order valence-electron chi connectivity index (χ3n) is 3.11. The molecular weight excluding hydrogens is 218 g/mol. The van der Waals surface area contributed by atoms with E-state index < -0.39 is 0 Å². The lowest BCUT2D eigenvalue weighted by molar-refractivity contribution is -0.132. The number of piperidine rings is 1. The first kappa shape index (κ1) is 11.8. The third-order valence-corrected chi connectivity index (χ3v) is 3.11. The monoisotopic (exact) mass is 235 g/mol. The number of carbonyl (C=O) groups is 1. The Morgan fingerprint density at radius 2 is 2.29 bits per heavy atom. The average Bonchev–Trinajstić information content (AvgIpc) is 2.27. The van der Waals surface area contributed by atoms with E-state index >= 15 is 0 Å². The highest BCUT2D eigenvalue weighted by Crippen LogP contribution is 2.28. The number of carbonyl (C=O) groups excluding carboxylic acids is 1. The number of rotatable bonds is 1. The van der Waals surface area contributed by atoms with E-state index in [4.69, 9.17) is 0 Å². The van der Waals surface area contributed by atoms with Crippen LogP contribution in [-0.2, 0) is 4.79 Å². The molecule has 1 aliphatic rings. The maximum absolute atomic E-state index is 11.6. The normalized spacial score (nSPS) is 20.4. The van der Waals surface area contributed by atoms with Crippen LogP contribution in [0.4, 0.5) is 0 Å². The van der Waals surface area contributed by atoms with Crippen molar-refractivity contribution in [2.24, 2.45) is 0 Å². The molecular formula is C12H17N3O2. The van der Waals surface area contributed by atoms with Crippen molar-refractivity contribution in [1.82, 2.24) is 14.9 Å². The minimum Gasteiger partial charge on any atom is -0.333 e. The summed E-state index contributed by atoms with van der Waals surface area (Å²) in [6.07, 6.45) is 2.95. The second kappa shape index (κ2) is 4.69. The molecule has 1 fully saturated rings. The van der Waals surface area contributed by atoms with E-state index in [-0.39, 0.29) is 17.5 Å². The third kappa shape index (κ3) is 2.54. The topological polar surface area (TPSA) is 66.1 Å². The van der Waals surface area contributed by atoms with Gasteiger partial charge in [0.25, 0.3) is 5.56 Å². The van der Waals surface area contributed by atoms with Gasteiger partial charge in [-0.05, 0) is 26.2 Å². The quantitative estimate of drug-likeness (QED) is 0.794. The fraction of sp³-hybridized carbons (Fsp3) is 0.583. The first-order chi connectivity index (χ1) is 8.08. The molecule has 5 heteroatoms. The summed E-state index contributed by atoms with van der Waals surface area (Å²) in [5, 5.41) is 0. The number of likely N-dealkylation sites (tertiary alicyclic amines) is 1. The van der Waals surface area contributed by atoms with Gasteiger partial charge in [-0.3, -0.25) is 9.59 Å². The van der Waals surface area contributed by atoms with E-state index in [2.05, 4.69) is 9.97 Å². The van der Waals surface area contributed by atoms with Crippen LogP contribution in [0.15, 0.2) is 10.9 Å². The molecule has 2 heterocycles. The highest BCUT2D eigenvalue weighted by Gasteiger charge is 2.27. The molecule has 1 saturated heterocycles. The van der Waals surface area contributed by atoms with Crippen molar-refractivity contribution < 1.29 is 4.79 Å². The number of nitrogens with zero attached hydrogens (tertiary/aromatic N) is 2. The van der Waals surface area contributed by atoms with Crippen molar-refractivity contribution in [3.63, 3.8) is 0 Å². The van der Waals surface area contributed by atoms with Gasteiger partial charge in [0.15, 0.2) is 0 Å². The number of aryl methyl sites for hydroxylation is 1. The summed E-state index contributed by atoms with van der Waals surface area (Å²) in [7, 11) is 0. The Bertz CT molecular complexity index is 481. The van der Waals surface area contributed by atoms with Crippen molar-refractivity contribution in [1.29, 1.82) is 0 Å². The predicted octanol–water partition coefficient (Wildman–Crippen LogP) is 1.15. The van der Waals surface area contributed by atoms with Crippen molar-refractivity contribution in [3.8, 4) is 0 Å². The maximum atomic E-state index is 11.6. The maximum Gasteiger partial charge on any atom is 0.251 e. The molecule has 5 nitrogen and oxygen atoms in total. The van der Waals surface area contributed by atoms with Gasteiger partial charge in [-0.1, -0.05) is 0 Å². The lowest BCUT2D eigenvalue weighted by Gasteiger charge is -2.34. The summed E-state index contributed by atoms with van der Waals surface area (Å²) in [6, 6.07) is 1.39. The second-order valence-electron chi connectivity index (χ2n) is 4.50. The van der Waals surface area contributed by atoms with E-state index in [0.29, 0.717) is 11.5 Å². The van der Waals surface area contributed by atoms with Crippen LogP contribution in [0.2, 0.25) is 0 Å². The largest absolute Gasteiger partial charge is 0.333 e. The molecule has 0 bridgehead atoms. The molecule has 1 aromatic rings. The number of aromatic amines is 1. The number of nitrogens with one attached hydrogen (secondary N) is 1. The number of H-pyrrole nitrogens is 1. The van der Waals surface area contributed by atoms with Gasteiger partial charge in [0.1, 0.15) is 5.82 Å². The molecule has 1 unspecified atom stereocenters. The molecule has 1 atom stereocenters. The van der Waals surface area contributed by atoms with Crippen LogP contribution in [0, 0.1) is 6.92 Å². The Labute approximate surface area is 99.9 Å². The van der Waals surface area contributed by atoms with E-state index in [9.17, 15) is 9.59 Å². The van der Waals surface area contributed by atoms with Gasteiger partial charge in [0.05, 0.1) is 6.04 Å². The van der Waals surface area contributed by atoms with Crippen molar-refractivity contribution in [3.05, 3.63) is 27.9 Å².